The minimum absolute atomic E-state index is 0.551. The molecule has 1 heterocycles. The highest BCUT2D eigenvalue weighted by atomic mass is 16.7. The van der Waals surface area contributed by atoms with Crippen molar-refractivity contribution in [1.82, 2.24) is 0 Å². The number of rotatable bonds is 2. The first kappa shape index (κ1) is 10.8. The lowest BCUT2D eigenvalue weighted by Gasteiger charge is -2.22. The van der Waals surface area contributed by atoms with E-state index in [9.17, 15) is 9.90 Å². The van der Waals surface area contributed by atoms with Crippen molar-refractivity contribution in [2.75, 3.05) is 0 Å². The van der Waals surface area contributed by atoms with Crippen LogP contribution < -0.4 is 0 Å². The number of epoxide rings is 1. The normalized spacial score (nSPS) is 35.1. The molecule has 1 N–H and O–H groups in total. The summed E-state index contributed by atoms with van der Waals surface area (Å²) >= 11 is 0. The topological polar surface area (TPSA) is 49.8 Å². The van der Waals surface area contributed by atoms with E-state index in [2.05, 4.69) is 0 Å². The first-order chi connectivity index (χ1) is 8.11. The van der Waals surface area contributed by atoms with E-state index in [1.54, 1.807) is 0 Å². The highest BCUT2D eigenvalue weighted by Gasteiger charge is 2.76. The number of hydrogen-bond acceptors (Lipinski definition) is 2. The van der Waals surface area contributed by atoms with Gasteiger partial charge in [0.15, 0.2) is 5.60 Å². The van der Waals surface area contributed by atoms with Gasteiger partial charge in [0, 0.05) is 0 Å². The minimum atomic E-state index is -0.944. The first-order valence-corrected chi connectivity index (χ1v) is 6.11. The van der Waals surface area contributed by atoms with Gasteiger partial charge in [0.1, 0.15) is 5.60 Å². The van der Waals surface area contributed by atoms with Crippen molar-refractivity contribution in [1.29, 1.82) is 0 Å². The smallest absolute Gasteiger partial charge is 0.339 e. The second-order valence-corrected chi connectivity index (χ2v) is 5.13. The number of benzene rings is 1. The van der Waals surface area contributed by atoms with Gasteiger partial charge in [0.25, 0.3) is 0 Å². The highest BCUT2D eigenvalue weighted by Crippen LogP contribution is 2.63. The van der Waals surface area contributed by atoms with Crippen molar-refractivity contribution in [2.45, 2.75) is 43.8 Å². The number of aryl methyl sites for hydroxylation is 1. The second-order valence-electron chi connectivity index (χ2n) is 5.13. The summed E-state index contributed by atoms with van der Waals surface area (Å²) in [6.07, 6.45) is 3.45. The lowest BCUT2D eigenvalue weighted by atomic mass is 9.75. The lowest BCUT2D eigenvalue weighted by Crippen LogP contribution is -2.35. The Morgan fingerprint density at radius 2 is 1.88 bits per heavy atom. The fraction of sp³-hybridized carbons (Fsp3) is 0.500. The molecule has 2 aliphatic rings. The van der Waals surface area contributed by atoms with E-state index in [1.807, 2.05) is 31.2 Å². The molecule has 3 rings (SSSR count). The Hall–Kier alpha value is -1.35. The average molecular weight is 232 g/mol. The van der Waals surface area contributed by atoms with Crippen molar-refractivity contribution in [3.05, 3.63) is 35.4 Å². The molecule has 1 aliphatic heterocycles. The summed E-state index contributed by atoms with van der Waals surface area (Å²) in [4.78, 5) is 11.4. The molecule has 1 aromatic carbocycles. The van der Waals surface area contributed by atoms with Crippen molar-refractivity contribution < 1.29 is 14.6 Å². The van der Waals surface area contributed by atoms with Crippen LogP contribution in [0.4, 0.5) is 0 Å². The van der Waals surface area contributed by atoms with Gasteiger partial charge in [-0.2, -0.15) is 0 Å². The van der Waals surface area contributed by atoms with Crippen LogP contribution in [-0.2, 0) is 15.1 Å². The highest BCUT2D eigenvalue weighted by molar-refractivity contribution is 5.84. The van der Waals surface area contributed by atoms with E-state index in [1.165, 1.54) is 5.56 Å². The Balaban J connectivity index is 2.02. The van der Waals surface area contributed by atoms with Crippen LogP contribution in [0, 0.1) is 6.92 Å². The zero-order valence-corrected chi connectivity index (χ0v) is 9.90. The molecular weight excluding hydrogens is 216 g/mol. The Bertz CT molecular complexity index is 465. The van der Waals surface area contributed by atoms with Crippen LogP contribution in [-0.4, -0.2) is 16.7 Å². The fourth-order valence-electron chi connectivity index (χ4n) is 3.11. The van der Waals surface area contributed by atoms with E-state index < -0.39 is 17.2 Å². The molecule has 3 heteroatoms. The number of ether oxygens (including phenoxy) is 1. The van der Waals surface area contributed by atoms with Gasteiger partial charge in [-0.15, -0.1) is 0 Å². The number of hydrogen-bond donors (Lipinski definition) is 1. The maximum Gasteiger partial charge on any atom is 0.339 e. The Labute approximate surface area is 100 Å². The van der Waals surface area contributed by atoms with Crippen molar-refractivity contribution >= 4 is 5.97 Å². The van der Waals surface area contributed by atoms with Gasteiger partial charge in [-0.1, -0.05) is 29.8 Å². The largest absolute Gasteiger partial charge is 0.479 e. The van der Waals surface area contributed by atoms with Gasteiger partial charge in [0.05, 0.1) is 0 Å². The average Bonchev–Trinajstić information content (AvgIpc) is 3.02. The predicted octanol–water partition coefficient (Wildman–Crippen LogP) is 2.62. The molecule has 2 atom stereocenters. The number of aliphatic carboxylic acids is 1. The third kappa shape index (κ3) is 1.29. The minimum Gasteiger partial charge on any atom is -0.479 e. The van der Waals surface area contributed by atoms with E-state index in [0.717, 1.165) is 24.8 Å². The van der Waals surface area contributed by atoms with Gasteiger partial charge in [-0.25, -0.2) is 4.79 Å². The third-order valence-corrected chi connectivity index (χ3v) is 4.13. The molecule has 0 amide bonds. The third-order valence-electron chi connectivity index (χ3n) is 4.13. The molecule has 0 spiro atoms. The summed E-state index contributed by atoms with van der Waals surface area (Å²) in [6, 6.07) is 8.05. The summed E-state index contributed by atoms with van der Waals surface area (Å²) in [7, 11) is 0. The van der Waals surface area contributed by atoms with Crippen LogP contribution >= 0.6 is 0 Å². The van der Waals surface area contributed by atoms with Gasteiger partial charge < -0.3 is 9.84 Å². The van der Waals surface area contributed by atoms with E-state index in [0.29, 0.717) is 6.42 Å². The zero-order valence-electron chi connectivity index (χ0n) is 9.90. The van der Waals surface area contributed by atoms with Crippen molar-refractivity contribution in [3.8, 4) is 0 Å². The molecule has 1 aliphatic carbocycles. The number of carboxylic acids is 1. The lowest BCUT2D eigenvalue weighted by molar-refractivity contribution is -0.143. The summed E-state index contributed by atoms with van der Waals surface area (Å²) < 4.78 is 5.74. The molecule has 3 nitrogen and oxygen atoms in total. The van der Waals surface area contributed by atoms with Crippen LogP contribution in [0.1, 0.15) is 36.8 Å². The van der Waals surface area contributed by atoms with Gasteiger partial charge in [-0.05, 0) is 38.2 Å². The van der Waals surface area contributed by atoms with Crippen LogP contribution in [0.2, 0.25) is 0 Å². The summed E-state index contributed by atoms with van der Waals surface area (Å²) in [5.74, 6) is -0.808. The maximum atomic E-state index is 11.4. The Morgan fingerprint density at radius 3 is 2.53 bits per heavy atom. The molecule has 90 valence electrons. The standard InChI is InChI=1S/C14H16O3/c1-10-4-6-11(7-5-10)13-8-2-3-9-14(13,17-13)12(15)16/h4-7H,2-3,8-9H2,1H3,(H,15,16). The van der Waals surface area contributed by atoms with E-state index >= 15 is 0 Å². The first-order valence-electron chi connectivity index (χ1n) is 6.11. The maximum absolute atomic E-state index is 11.4. The van der Waals surface area contributed by atoms with Crippen LogP contribution in [0.5, 0.6) is 0 Å². The van der Waals surface area contributed by atoms with Gasteiger partial charge in [0.2, 0.25) is 0 Å². The Kier molecular flexibility index (Phi) is 2.11. The molecular formula is C14H16O3. The van der Waals surface area contributed by atoms with Crippen molar-refractivity contribution in [2.24, 2.45) is 0 Å². The zero-order chi connectivity index (χ0) is 12.1. The molecule has 0 radical (unpaired) electrons. The molecule has 0 aromatic heterocycles. The quantitative estimate of drug-likeness (QED) is 0.797. The molecule has 0 bridgehead atoms. The molecule has 2 fully saturated rings. The summed E-state index contributed by atoms with van der Waals surface area (Å²) in [5, 5.41) is 9.40. The number of fused-ring (bicyclic) bond motifs is 1. The van der Waals surface area contributed by atoms with Crippen LogP contribution in [0.3, 0.4) is 0 Å². The van der Waals surface area contributed by atoms with Gasteiger partial charge in [-0.3, -0.25) is 0 Å². The summed E-state index contributed by atoms with van der Waals surface area (Å²) in [6.45, 7) is 2.03. The van der Waals surface area contributed by atoms with Crippen LogP contribution in [0.25, 0.3) is 0 Å². The molecule has 1 aromatic rings. The molecule has 17 heavy (non-hydrogen) atoms. The molecule has 2 unspecified atom stereocenters. The molecule has 1 saturated carbocycles. The predicted molar refractivity (Wildman–Crippen MR) is 62.8 cm³/mol. The van der Waals surface area contributed by atoms with Crippen LogP contribution in [0.15, 0.2) is 24.3 Å². The number of carboxylic acid groups (broad SMARTS) is 1. The monoisotopic (exact) mass is 232 g/mol. The second kappa shape index (κ2) is 3.33. The van der Waals surface area contributed by atoms with Gasteiger partial charge >= 0.3 is 5.97 Å². The molecule has 1 saturated heterocycles. The van der Waals surface area contributed by atoms with E-state index in [-0.39, 0.29) is 0 Å². The fourth-order valence-corrected chi connectivity index (χ4v) is 3.11. The summed E-state index contributed by atoms with van der Waals surface area (Å²) in [5.41, 5.74) is 0.707. The SMILES string of the molecule is Cc1ccc(C23CCCCC2(C(=O)O)O3)cc1. The number of carbonyl (C=O) groups is 1. The Morgan fingerprint density at radius 1 is 1.24 bits per heavy atom. The van der Waals surface area contributed by atoms with Crippen molar-refractivity contribution in [3.63, 3.8) is 0 Å². The van der Waals surface area contributed by atoms with E-state index in [4.69, 9.17) is 4.74 Å².